The molecule has 2 aromatic carbocycles. The third kappa shape index (κ3) is 9.01. The zero-order valence-corrected chi connectivity index (χ0v) is 23.9. The van der Waals surface area contributed by atoms with Gasteiger partial charge in [0.15, 0.2) is 6.29 Å². The summed E-state index contributed by atoms with van der Waals surface area (Å²) in [5, 5.41) is 47.0. The summed E-state index contributed by atoms with van der Waals surface area (Å²) in [5.74, 6) is 0. The number of fused-ring (bicyclic) bond motifs is 1. The van der Waals surface area contributed by atoms with Gasteiger partial charge < -0.3 is 30.1 Å². The van der Waals surface area contributed by atoms with Crippen LogP contribution in [-0.2, 0) is 9.47 Å². The molecule has 3 atom stereocenters. The largest absolute Gasteiger partial charge is 0.394 e. The number of thiophene rings is 1. The van der Waals surface area contributed by atoms with E-state index in [-0.39, 0.29) is 13.0 Å². The second kappa shape index (κ2) is 15.5. The van der Waals surface area contributed by atoms with E-state index in [1.807, 2.05) is 12.1 Å². The number of allylic oxidation sites excluding steroid dienone is 1. The summed E-state index contributed by atoms with van der Waals surface area (Å²) >= 11 is 2.64. The van der Waals surface area contributed by atoms with Crippen LogP contribution < -0.4 is 10.5 Å². The zero-order valence-electron chi connectivity index (χ0n) is 22.2. The number of nitrogens with zero attached hydrogens (tertiary/aromatic N) is 2. The van der Waals surface area contributed by atoms with Crippen molar-refractivity contribution < 1.29 is 24.8 Å². The second-order valence-corrected chi connectivity index (χ2v) is 11.4. The Morgan fingerprint density at radius 3 is 2.62 bits per heavy atom. The third-order valence-electron chi connectivity index (χ3n) is 6.68. The Bertz CT molecular complexity index is 1300. The van der Waals surface area contributed by atoms with Gasteiger partial charge >= 0.3 is 0 Å². The van der Waals surface area contributed by atoms with E-state index in [9.17, 15) is 0 Å². The van der Waals surface area contributed by atoms with Crippen molar-refractivity contribution >= 4 is 45.8 Å². The first kappa shape index (κ1) is 30.5. The Kier molecular flexibility index (Phi) is 11.8. The Labute approximate surface area is 242 Å². The van der Waals surface area contributed by atoms with Crippen LogP contribution in [0.2, 0.25) is 0 Å². The predicted molar refractivity (Wildman–Crippen MR) is 162 cm³/mol. The first-order valence-electron chi connectivity index (χ1n) is 13.3. The summed E-state index contributed by atoms with van der Waals surface area (Å²) in [6.45, 7) is 5.54. The summed E-state index contributed by atoms with van der Waals surface area (Å²) < 4.78 is 10.3. The zero-order chi connectivity index (χ0) is 28.3. The van der Waals surface area contributed by atoms with Gasteiger partial charge in [0.05, 0.1) is 32.0 Å². The van der Waals surface area contributed by atoms with Crippen LogP contribution in [-0.4, -0.2) is 84.7 Å². The third-order valence-corrected chi connectivity index (χ3v) is 8.23. The van der Waals surface area contributed by atoms with Crippen LogP contribution in [0, 0.1) is 11.3 Å². The Morgan fingerprint density at radius 1 is 1.12 bits per heavy atom. The van der Waals surface area contributed by atoms with E-state index in [1.165, 1.54) is 21.2 Å². The minimum atomic E-state index is -0.916. The number of nitrogens with two attached hydrogens (primary N) is 1. The molecule has 3 aromatic rings. The first-order chi connectivity index (χ1) is 19.5. The number of rotatable bonds is 8. The molecule has 2 saturated heterocycles. The Balaban J connectivity index is 0.000000312. The first-order valence-corrected chi connectivity index (χ1v) is 15.0. The van der Waals surface area contributed by atoms with Gasteiger partial charge in [0, 0.05) is 54.5 Å². The van der Waals surface area contributed by atoms with Gasteiger partial charge in [-0.2, -0.15) is 5.26 Å². The molecule has 2 aliphatic rings. The summed E-state index contributed by atoms with van der Waals surface area (Å²) in [6, 6.07) is 19.3. The predicted octanol–water partition coefficient (Wildman–Crippen LogP) is 3.62. The smallest absolute Gasteiger partial charge is 0.157 e. The van der Waals surface area contributed by atoms with E-state index in [1.54, 1.807) is 11.3 Å². The fourth-order valence-corrected chi connectivity index (χ4v) is 5.85. The molecule has 3 heterocycles. The molecule has 9 nitrogen and oxygen atoms in total. The molecule has 0 bridgehead atoms. The van der Waals surface area contributed by atoms with E-state index >= 15 is 0 Å². The van der Waals surface area contributed by atoms with E-state index < -0.39 is 18.5 Å². The number of ether oxygens (including phenoxy) is 2. The van der Waals surface area contributed by atoms with Crippen LogP contribution in [0.4, 0.5) is 5.69 Å². The normalized spacial score (nSPS) is 21.9. The molecule has 5 rings (SSSR count). The molecule has 2 fully saturated rings. The van der Waals surface area contributed by atoms with Crippen molar-refractivity contribution in [1.29, 1.82) is 5.26 Å². The van der Waals surface area contributed by atoms with Crippen molar-refractivity contribution in [2.75, 3.05) is 51.3 Å². The number of hydrogen-bond donors (Lipinski definition) is 5. The molecule has 0 radical (unpaired) electrons. The van der Waals surface area contributed by atoms with Gasteiger partial charge in [-0.15, -0.1) is 11.3 Å². The van der Waals surface area contributed by atoms with Gasteiger partial charge in [-0.05, 0) is 64.7 Å². The highest BCUT2D eigenvalue weighted by Gasteiger charge is 2.26. The van der Waals surface area contributed by atoms with Crippen molar-refractivity contribution in [2.45, 2.75) is 31.3 Å². The maximum atomic E-state index is 9.05. The number of hydrogen-bond acceptors (Lipinski definition) is 11. The average molecular weight is 585 g/mol. The monoisotopic (exact) mass is 584 g/mol. The van der Waals surface area contributed by atoms with Crippen LogP contribution in [0.15, 0.2) is 53.4 Å². The molecule has 0 aliphatic carbocycles. The van der Waals surface area contributed by atoms with Gasteiger partial charge in [0.1, 0.15) is 11.0 Å². The molecular weight excluding hydrogens is 548 g/mol. The summed E-state index contributed by atoms with van der Waals surface area (Å²) in [4.78, 5) is 5.14. The number of morpholine rings is 1. The molecule has 40 heavy (non-hydrogen) atoms. The van der Waals surface area contributed by atoms with Crippen LogP contribution in [0.3, 0.4) is 0 Å². The molecule has 1 aromatic heterocycles. The van der Waals surface area contributed by atoms with E-state index in [4.69, 9.17) is 35.2 Å². The number of nitriles is 1. The summed E-state index contributed by atoms with van der Waals surface area (Å²) in [6.07, 6.45) is 0.624. The van der Waals surface area contributed by atoms with Crippen molar-refractivity contribution in [3.8, 4) is 16.5 Å². The van der Waals surface area contributed by atoms with Crippen molar-refractivity contribution in [3.63, 3.8) is 0 Å². The van der Waals surface area contributed by atoms with Crippen molar-refractivity contribution in [1.82, 2.24) is 4.90 Å². The number of aliphatic hydroxyl groups excluding tert-OH is 3. The molecule has 0 spiro atoms. The lowest BCUT2D eigenvalue weighted by Gasteiger charge is -2.28. The lowest BCUT2D eigenvalue weighted by atomic mass is 10.1. The SMILES string of the molecule is N#C/C(=C\c1ccc(-c2ccc3cc(NCCN4CCOCC4)ccc3c2)s1)SN.OCC1CC(O)CC(O)O1. The highest BCUT2D eigenvalue weighted by molar-refractivity contribution is 8.01. The molecule has 214 valence electrons. The number of benzene rings is 2. The maximum Gasteiger partial charge on any atom is 0.157 e. The molecule has 6 N–H and O–H groups in total. The highest BCUT2D eigenvalue weighted by atomic mass is 32.2. The molecule has 3 unspecified atom stereocenters. The fourth-order valence-electron chi connectivity index (χ4n) is 4.58. The van der Waals surface area contributed by atoms with E-state index in [2.05, 4.69) is 58.8 Å². The fraction of sp³-hybridized carbons (Fsp3) is 0.414. The lowest BCUT2D eigenvalue weighted by molar-refractivity contribution is -0.197. The minimum Gasteiger partial charge on any atom is -0.394 e. The molecule has 11 heteroatoms. The van der Waals surface area contributed by atoms with Gasteiger partial charge in [0.25, 0.3) is 0 Å². The van der Waals surface area contributed by atoms with Gasteiger partial charge in [0.2, 0.25) is 0 Å². The Hall–Kier alpha value is -2.50. The highest BCUT2D eigenvalue weighted by Crippen LogP contribution is 2.32. The van der Waals surface area contributed by atoms with Gasteiger partial charge in [-0.3, -0.25) is 10.0 Å². The quantitative estimate of drug-likeness (QED) is 0.197. The Morgan fingerprint density at radius 2 is 1.90 bits per heavy atom. The second-order valence-electron chi connectivity index (χ2n) is 9.62. The molecule has 0 amide bonds. The minimum absolute atomic E-state index is 0.145. The number of nitrogens with one attached hydrogen (secondary N) is 1. The van der Waals surface area contributed by atoms with Crippen LogP contribution >= 0.6 is 23.3 Å². The topological polar surface area (TPSA) is 144 Å². The van der Waals surface area contributed by atoms with Crippen molar-refractivity contribution in [2.24, 2.45) is 5.14 Å². The number of aliphatic hydroxyl groups is 3. The summed E-state index contributed by atoms with van der Waals surface area (Å²) in [5.41, 5.74) is 2.33. The molecule has 0 saturated carbocycles. The van der Waals surface area contributed by atoms with Gasteiger partial charge in [-0.25, -0.2) is 0 Å². The average Bonchev–Trinajstić information content (AvgIpc) is 3.44. The van der Waals surface area contributed by atoms with Crippen LogP contribution in [0.5, 0.6) is 0 Å². The molecular formula is C29H36N4O5S2. The van der Waals surface area contributed by atoms with Crippen LogP contribution in [0.25, 0.3) is 27.3 Å². The van der Waals surface area contributed by atoms with Crippen LogP contribution in [0.1, 0.15) is 17.7 Å². The van der Waals surface area contributed by atoms with Gasteiger partial charge in [-0.1, -0.05) is 18.2 Å². The van der Waals surface area contributed by atoms with E-state index in [0.29, 0.717) is 11.3 Å². The van der Waals surface area contributed by atoms with E-state index in [0.717, 1.165) is 61.9 Å². The lowest BCUT2D eigenvalue weighted by Crippen LogP contribution is -2.38. The molecule has 2 aliphatic heterocycles. The number of anilines is 1. The summed E-state index contributed by atoms with van der Waals surface area (Å²) in [7, 11) is 0. The standard InChI is InChI=1S/C23H24N4OS2.C6H12O4/c24-16-22(30-25)15-21-5-6-23(29-21)19-2-1-18-14-20(4-3-17(18)13-19)26-7-8-27-9-11-28-12-10-27;7-3-5-1-4(8)2-6(9)10-5/h1-6,13-15,26H,7-12,25H2;4-9H,1-3H2/b22-15+;. The maximum absolute atomic E-state index is 9.05. The van der Waals surface area contributed by atoms with Crippen molar-refractivity contribution in [3.05, 3.63) is 58.3 Å².